The summed E-state index contributed by atoms with van der Waals surface area (Å²) in [6.45, 7) is 8.52. The largest absolute Gasteiger partial charge is 0.349 e. The first-order valence-corrected chi connectivity index (χ1v) is 8.36. The number of carbonyl (C=O) groups excluding carboxylic acids is 1. The Kier molecular flexibility index (Phi) is 5.97. The van der Waals surface area contributed by atoms with Crippen LogP contribution in [-0.2, 0) is 11.2 Å². The average molecular weight is 309 g/mol. The van der Waals surface area contributed by atoms with Crippen molar-refractivity contribution >= 4 is 5.91 Å². The molecule has 0 saturated heterocycles. The lowest BCUT2D eigenvalue weighted by atomic mass is 9.96. The Bertz CT molecular complexity index is 646. The lowest BCUT2D eigenvalue weighted by Crippen LogP contribution is -2.31. The van der Waals surface area contributed by atoms with Gasteiger partial charge in [0.1, 0.15) is 0 Å². The Morgan fingerprint density at radius 3 is 2.35 bits per heavy atom. The molecule has 0 heterocycles. The molecule has 0 aliphatic heterocycles. The van der Waals surface area contributed by atoms with Crippen molar-refractivity contribution in [1.82, 2.24) is 5.32 Å². The highest BCUT2D eigenvalue weighted by Crippen LogP contribution is 2.21. The Morgan fingerprint density at radius 2 is 1.74 bits per heavy atom. The van der Waals surface area contributed by atoms with E-state index in [1.165, 1.54) is 16.7 Å². The smallest absolute Gasteiger partial charge is 0.224 e. The van der Waals surface area contributed by atoms with E-state index >= 15 is 0 Å². The van der Waals surface area contributed by atoms with Crippen molar-refractivity contribution in [2.75, 3.05) is 0 Å². The van der Waals surface area contributed by atoms with Crippen LogP contribution >= 0.6 is 0 Å². The Hall–Kier alpha value is -2.09. The Morgan fingerprint density at radius 1 is 1.04 bits per heavy atom. The molecule has 0 bridgehead atoms. The minimum atomic E-state index is 0.0782. The maximum absolute atomic E-state index is 12.5. The monoisotopic (exact) mass is 309 g/mol. The first-order valence-electron chi connectivity index (χ1n) is 8.36. The van der Waals surface area contributed by atoms with Crippen LogP contribution in [-0.4, -0.2) is 5.91 Å². The number of benzene rings is 2. The van der Waals surface area contributed by atoms with E-state index in [0.717, 1.165) is 12.0 Å². The number of amides is 1. The molecule has 0 unspecified atom stereocenters. The molecule has 2 rings (SSSR count). The predicted octanol–water partition coefficient (Wildman–Crippen LogP) is 4.75. The third-order valence-corrected chi connectivity index (χ3v) is 4.09. The van der Waals surface area contributed by atoms with Crippen LogP contribution < -0.4 is 5.32 Å². The molecule has 2 aromatic rings. The van der Waals surface area contributed by atoms with Crippen molar-refractivity contribution in [2.45, 2.75) is 46.6 Å². The fourth-order valence-electron chi connectivity index (χ4n) is 2.90. The fourth-order valence-corrected chi connectivity index (χ4v) is 2.90. The van der Waals surface area contributed by atoms with Gasteiger partial charge in [-0.15, -0.1) is 0 Å². The van der Waals surface area contributed by atoms with Gasteiger partial charge < -0.3 is 5.32 Å². The van der Waals surface area contributed by atoms with E-state index in [1.807, 2.05) is 18.2 Å². The highest BCUT2D eigenvalue weighted by atomic mass is 16.1. The van der Waals surface area contributed by atoms with Crippen molar-refractivity contribution in [3.05, 3.63) is 70.8 Å². The van der Waals surface area contributed by atoms with E-state index in [9.17, 15) is 4.79 Å². The second kappa shape index (κ2) is 7.96. The highest BCUT2D eigenvalue weighted by Gasteiger charge is 2.16. The maximum Gasteiger partial charge on any atom is 0.224 e. The summed E-state index contributed by atoms with van der Waals surface area (Å²) in [7, 11) is 0. The van der Waals surface area contributed by atoms with Crippen LogP contribution in [0.25, 0.3) is 0 Å². The summed E-state index contributed by atoms with van der Waals surface area (Å²) in [4.78, 5) is 12.5. The van der Waals surface area contributed by atoms with Gasteiger partial charge in [0.25, 0.3) is 0 Å². The molecule has 1 atom stereocenters. The van der Waals surface area contributed by atoms with Gasteiger partial charge in [0.2, 0.25) is 5.91 Å². The maximum atomic E-state index is 12.5. The fraction of sp³-hybridized carbons (Fsp3) is 0.381. The molecule has 1 amide bonds. The Labute approximate surface area is 139 Å². The zero-order chi connectivity index (χ0) is 16.8. The van der Waals surface area contributed by atoms with Gasteiger partial charge in [0, 0.05) is 0 Å². The van der Waals surface area contributed by atoms with Crippen LogP contribution in [0, 0.1) is 19.8 Å². The second-order valence-electron chi connectivity index (χ2n) is 6.77. The standard InChI is InChI=1S/C21H27NO/c1-15(2)12-20(18-8-6-5-7-9-18)22-21(23)14-19-11-10-16(3)13-17(19)4/h5-11,13,15,20H,12,14H2,1-4H3,(H,22,23)/t20-/m0/s1. The van der Waals surface area contributed by atoms with Crippen LogP contribution in [0.2, 0.25) is 0 Å². The topological polar surface area (TPSA) is 29.1 Å². The lowest BCUT2D eigenvalue weighted by molar-refractivity contribution is -0.121. The van der Waals surface area contributed by atoms with E-state index in [2.05, 4.69) is 63.3 Å². The molecule has 0 aromatic heterocycles. The quantitative estimate of drug-likeness (QED) is 0.819. The highest BCUT2D eigenvalue weighted by molar-refractivity contribution is 5.79. The zero-order valence-corrected chi connectivity index (χ0v) is 14.6. The zero-order valence-electron chi connectivity index (χ0n) is 14.6. The molecule has 2 nitrogen and oxygen atoms in total. The molecule has 0 spiro atoms. The summed E-state index contributed by atoms with van der Waals surface area (Å²) in [5.74, 6) is 0.619. The van der Waals surface area contributed by atoms with Gasteiger partial charge in [-0.2, -0.15) is 0 Å². The number of aryl methyl sites for hydroxylation is 2. The molecule has 0 radical (unpaired) electrons. The molecule has 0 aliphatic carbocycles. The number of carbonyl (C=O) groups is 1. The molecule has 0 fully saturated rings. The molecule has 1 N–H and O–H groups in total. The van der Waals surface area contributed by atoms with Gasteiger partial charge in [0.15, 0.2) is 0 Å². The number of rotatable bonds is 6. The van der Waals surface area contributed by atoms with Gasteiger partial charge in [-0.1, -0.05) is 67.9 Å². The summed E-state index contributed by atoms with van der Waals surface area (Å²) in [5.41, 5.74) is 4.69. The van der Waals surface area contributed by atoms with Gasteiger partial charge in [-0.3, -0.25) is 4.79 Å². The normalized spacial score (nSPS) is 12.2. The van der Waals surface area contributed by atoms with Crippen molar-refractivity contribution < 1.29 is 4.79 Å². The first-order chi connectivity index (χ1) is 11.0. The van der Waals surface area contributed by atoms with E-state index in [4.69, 9.17) is 0 Å². The third kappa shape index (κ3) is 5.24. The van der Waals surface area contributed by atoms with Crippen LogP contribution in [0.15, 0.2) is 48.5 Å². The summed E-state index contributed by atoms with van der Waals surface area (Å²) < 4.78 is 0. The predicted molar refractivity (Wildman–Crippen MR) is 96.4 cm³/mol. The van der Waals surface area contributed by atoms with E-state index in [1.54, 1.807) is 0 Å². The molecule has 0 saturated carbocycles. The average Bonchev–Trinajstić information content (AvgIpc) is 2.50. The summed E-state index contributed by atoms with van der Waals surface area (Å²) in [6.07, 6.45) is 1.39. The number of nitrogens with one attached hydrogen (secondary N) is 1. The molecule has 2 heteroatoms. The Balaban J connectivity index is 2.08. The van der Waals surface area contributed by atoms with Crippen molar-refractivity contribution in [3.63, 3.8) is 0 Å². The molecular formula is C21H27NO. The molecule has 2 aromatic carbocycles. The minimum Gasteiger partial charge on any atom is -0.349 e. The summed E-state index contributed by atoms with van der Waals surface area (Å²) in [5, 5.41) is 3.22. The van der Waals surface area contributed by atoms with Crippen molar-refractivity contribution in [2.24, 2.45) is 5.92 Å². The van der Waals surface area contributed by atoms with E-state index in [-0.39, 0.29) is 11.9 Å². The first kappa shape index (κ1) is 17.3. The van der Waals surface area contributed by atoms with Gasteiger partial charge in [-0.25, -0.2) is 0 Å². The minimum absolute atomic E-state index is 0.0782. The molecule has 0 aliphatic rings. The van der Waals surface area contributed by atoms with Crippen molar-refractivity contribution in [3.8, 4) is 0 Å². The lowest BCUT2D eigenvalue weighted by Gasteiger charge is -2.21. The molecule has 122 valence electrons. The van der Waals surface area contributed by atoms with Gasteiger partial charge >= 0.3 is 0 Å². The van der Waals surface area contributed by atoms with Gasteiger partial charge in [-0.05, 0) is 42.9 Å². The number of hydrogen-bond acceptors (Lipinski definition) is 1. The van der Waals surface area contributed by atoms with Crippen LogP contribution in [0.3, 0.4) is 0 Å². The van der Waals surface area contributed by atoms with Crippen LogP contribution in [0.1, 0.15) is 48.6 Å². The molecular weight excluding hydrogens is 282 g/mol. The van der Waals surface area contributed by atoms with Crippen LogP contribution in [0.5, 0.6) is 0 Å². The van der Waals surface area contributed by atoms with E-state index < -0.39 is 0 Å². The molecule has 23 heavy (non-hydrogen) atoms. The van der Waals surface area contributed by atoms with Gasteiger partial charge in [0.05, 0.1) is 12.5 Å². The number of hydrogen-bond donors (Lipinski definition) is 1. The second-order valence-corrected chi connectivity index (χ2v) is 6.77. The third-order valence-electron chi connectivity index (χ3n) is 4.09. The SMILES string of the molecule is Cc1ccc(CC(=O)N[C@@H](CC(C)C)c2ccccc2)c(C)c1. The van der Waals surface area contributed by atoms with Crippen molar-refractivity contribution in [1.29, 1.82) is 0 Å². The summed E-state index contributed by atoms with van der Waals surface area (Å²) >= 11 is 0. The van der Waals surface area contributed by atoms with Crippen LogP contribution in [0.4, 0.5) is 0 Å². The van der Waals surface area contributed by atoms with E-state index in [0.29, 0.717) is 12.3 Å². The summed E-state index contributed by atoms with van der Waals surface area (Å²) in [6, 6.07) is 16.6.